The zero-order valence-corrected chi connectivity index (χ0v) is 17.3. The van der Waals surface area contributed by atoms with Gasteiger partial charge in [-0.15, -0.1) is 0 Å². The van der Waals surface area contributed by atoms with Crippen LogP contribution in [0.5, 0.6) is 0 Å². The molecule has 158 valence electrons. The predicted octanol–water partition coefficient (Wildman–Crippen LogP) is 2.55. The lowest BCUT2D eigenvalue weighted by Crippen LogP contribution is -2.34. The minimum Gasteiger partial charge on any atom is -0.462 e. The first-order chi connectivity index (χ1) is 13.6. The van der Waals surface area contributed by atoms with Crippen LogP contribution in [0.3, 0.4) is 0 Å². The average molecular weight is 404 g/mol. The number of aliphatic hydroxyl groups excluding tert-OH is 1. The summed E-state index contributed by atoms with van der Waals surface area (Å²) in [5, 5.41) is 10.3. The number of carbonyl (C=O) groups is 3. The first kappa shape index (κ1) is 22.6. The molecule has 2 rings (SSSR count). The van der Waals surface area contributed by atoms with Crippen LogP contribution in [-0.4, -0.2) is 47.9 Å². The maximum Gasteiger partial charge on any atom is 0.334 e. The Bertz CT molecular complexity index is 787. The van der Waals surface area contributed by atoms with Crippen molar-refractivity contribution in [3.8, 4) is 0 Å². The number of esters is 3. The van der Waals surface area contributed by atoms with Crippen molar-refractivity contribution in [3.63, 3.8) is 0 Å². The molecule has 0 amide bonds. The fourth-order valence-electron chi connectivity index (χ4n) is 3.29. The Labute approximate surface area is 170 Å². The van der Waals surface area contributed by atoms with Crippen LogP contribution in [0.1, 0.15) is 40.5 Å². The smallest absolute Gasteiger partial charge is 0.334 e. The van der Waals surface area contributed by atoms with Crippen molar-refractivity contribution in [2.45, 2.75) is 58.8 Å². The van der Waals surface area contributed by atoms with E-state index >= 15 is 0 Å². The van der Waals surface area contributed by atoms with Gasteiger partial charge in [0.2, 0.25) is 0 Å². The van der Waals surface area contributed by atoms with E-state index in [9.17, 15) is 19.5 Å². The zero-order valence-electron chi connectivity index (χ0n) is 17.3. The van der Waals surface area contributed by atoms with E-state index in [0.717, 1.165) is 5.57 Å². The highest BCUT2D eigenvalue weighted by Gasteiger charge is 2.44. The summed E-state index contributed by atoms with van der Waals surface area (Å²) < 4.78 is 16.0. The van der Waals surface area contributed by atoms with Gasteiger partial charge in [0.15, 0.2) is 0 Å². The molecule has 2 aliphatic rings. The van der Waals surface area contributed by atoms with Crippen LogP contribution in [0, 0.1) is 5.92 Å². The summed E-state index contributed by atoms with van der Waals surface area (Å²) >= 11 is 0. The lowest BCUT2D eigenvalue weighted by molar-refractivity contribution is -0.147. The van der Waals surface area contributed by atoms with Crippen LogP contribution in [0.2, 0.25) is 0 Å². The number of hydrogen-bond donors (Lipinski definition) is 1. The van der Waals surface area contributed by atoms with E-state index in [1.54, 1.807) is 19.9 Å². The summed E-state index contributed by atoms with van der Waals surface area (Å²) in [7, 11) is 0. The average Bonchev–Trinajstić information content (AvgIpc) is 2.91. The largest absolute Gasteiger partial charge is 0.462 e. The van der Waals surface area contributed by atoms with Gasteiger partial charge in [-0.25, -0.2) is 9.59 Å². The summed E-state index contributed by atoms with van der Waals surface area (Å²) in [4.78, 5) is 35.6. The van der Waals surface area contributed by atoms with Gasteiger partial charge in [0, 0.05) is 24.5 Å². The summed E-state index contributed by atoms with van der Waals surface area (Å²) in [5.41, 5.74) is 2.13. The van der Waals surface area contributed by atoms with Gasteiger partial charge in [-0.3, -0.25) is 4.79 Å². The van der Waals surface area contributed by atoms with E-state index in [-0.39, 0.29) is 12.2 Å². The second-order valence-corrected chi connectivity index (χ2v) is 7.47. The number of aliphatic hydroxyl groups is 1. The molecule has 0 spiro atoms. The van der Waals surface area contributed by atoms with Gasteiger partial charge in [0.1, 0.15) is 18.8 Å². The van der Waals surface area contributed by atoms with Gasteiger partial charge in [0.05, 0.1) is 12.0 Å². The quantitative estimate of drug-likeness (QED) is 0.333. The molecule has 0 aromatic heterocycles. The topological polar surface area (TPSA) is 99.1 Å². The molecule has 4 unspecified atom stereocenters. The van der Waals surface area contributed by atoms with Crippen molar-refractivity contribution in [2.75, 3.05) is 6.61 Å². The molecule has 0 saturated carbocycles. The van der Waals surface area contributed by atoms with Crippen molar-refractivity contribution < 1.29 is 33.7 Å². The minimum absolute atomic E-state index is 0.0277. The van der Waals surface area contributed by atoms with E-state index in [2.05, 4.69) is 6.58 Å². The molecule has 1 saturated heterocycles. The summed E-state index contributed by atoms with van der Waals surface area (Å²) in [6.07, 6.45) is 3.84. The molecule has 0 aromatic rings. The molecule has 1 fully saturated rings. The zero-order chi connectivity index (χ0) is 21.7. The molecule has 1 aliphatic carbocycles. The van der Waals surface area contributed by atoms with Crippen LogP contribution in [0.4, 0.5) is 0 Å². The molecular weight excluding hydrogens is 376 g/mol. The third-order valence-corrected chi connectivity index (χ3v) is 5.08. The van der Waals surface area contributed by atoms with E-state index in [0.29, 0.717) is 24.0 Å². The molecule has 4 atom stereocenters. The van der Waals surface area contributed by atoms with Gasteiger partial charge >= 0.3 is 17.9 Å². The molecule has 29 heavy (non-hydrogen) atoms. The number of rotatable bonds is 4. The molecule has 0 bridgehead atoms. The highest BCUT2D eigenvalue weighted by atomic mass is 16.6. The monoisotopic (exact) mass is 404 g/mol. The van der Waals surface area contributed by atoms with Crippen molar-refractivity contribution in [2.24, 2.45) is 5.92 Å². The summed E-state index contributed by atoms with van der Waals surface area (Å²) in [5.74, 6) is -2.11. The summed E-state index contributed by atoms with van der Waals surface area (Å²) in [6.45, 7) is 10.3. The van der Waals surface area contributed by atoms with Crippen LogP contribution in [0.15, 0.2) is 47.1 Å². The standard InChI is InChI=1S/C22H28O7/c1-12-6-7-17(24)14(3)11-19-20(15(4)22(26)29-19)18(10-12)28-21(25)13(2)8-9-27-16(5)23/h6,8,11,17-20,24H,4,7,9-10H2,1-3,5H3/b12-6+,13-8+,14-11+. The second-order valence-electron chi connectivity index (χ2n) is 7.47. The first-order valence-electron chi connectivity index (χ1n) is 9.53. The third kappa shape index (κ3) is 5.90. The molecule has 0 aromatic carbocycles. The third-order valence-electron chi connectivity index (χ3n) is 5.08. The Balaban J connectivity index is 2.29. The fraction of sp³-hybridized carbons (Fsp3) is 0.500. The first-order valence-corrected chi connectivity index (χ1v) is 9.53. The predicted molar refractivity (Wildman–Crippen MR) is 106 cm³/mol. The molecule has 1 N–H and O–H groups in total. The van der Waals surface area contributed by atoms with E-state index in [1.807, 2.05) is 13.0 Å². The molecule has 7 heteroatoms. The van der Waals surface area contributed by atoms with Crippen LogP contribution in [0.25, 0.3) is 0 Å². The Morgan fingerprint density at radius 3 is 2.69 bits per heavy atom. The maximum atomic E-state index is 12.6. The lowest BCUT2D eigenvalue weighted by Gasteiger charge is -2.28. The molecule has 1 aliphatic heterocycles. The van der Waals surface area contributed by atoms with E-state index < -0.39 is 42.1 Å². The van der Waals surface area contributed by atoms with Gasteiger partial charge in [-0.2, -0.15) is 0 Å². The fourth-order valence-corrected chi connectivity index (χ4v) is 3.29. The van der Waals surface area contributed by atoms with E-state index in [4.69, 9.17) is 14.2 Å². The van der Waals surface area contributed by atoms with Crippen LogP contribution in [-0.2, 0) is 28.6 Å². The van der Waals surface area contributed by atoms with Crippen LogP contribution >= 0.6 is 0 Å². The SMILES string of the molecule is C=C1C(=O)OC2/C=C(\C)C(O)C/C=C(\C)CC(OC(=O)/C(C)=C/COC(C)=O)C12. The molecule has 7 nitrogen and oxygen atoms in total. The number of carbonyl (C=O) groups excluding carboxylic acids is 3. The van der Waals surface area contributed by atoms with Gasteiger partial charge in [-0.1, -0.05) is 18.2 Å². The highest BCUT2D eigenvalue weighted by molar-refractivity contribution is 5.92. The van der Waals surface area contributed by atoms with Crippen molar-refractivity contribution in [1.82, 2.24) is 0 Å². The minimum atomic E-state index is -0.677. The number of ether oxygens (including phenoxy) is 3. The summed E-state index contributed by atoms with van der Waals surface area (Å²) in [6, 6.07) is 0. The second kappa shape index (κ2) is 9.69. The Morgan fingerprint density at radius 1 is 1.34 bits per heavy atom. The Hall–Kier alpha value is -2.67. The number of hydrogen-bond acceptors (Lipinski definition) is 7. The van der Waals surface area contributed by atoms with Gasteiger partial charge < -0.3 is 19.3 Å². The van der Waals surface area contributed by atoms with E-state index in [1.165, 1.54) is 13.0 Å². The van der Waals surface area contributed by atoms with Crippen molar-refractivity contribution >= 4 is 17.9 Å². The van der Waals surface area contributed by atoms with Gasteiger partial charge in [-0.05, 0) is 44.9 Å². The van der Waals surface area contributed by atoms with Crippen LogP contribution < -0.4 is 0 Å². The number of fused-ring (bicyclic) bond motifs is 1. The highest BCUT2D eigenvalue weighted by Crippen LogP contribution is 2.36. The van der Waals surface area contributed by atoms with Gasteiger partial charge in [0.25, 0.3) is 0 Å². The van der Waals surface area contributed by atoms with Crippen molar-refractivity contribution in [1.29, 1.82) is 0 Å². The Morgan fingerprint density at radius 2 is 2.03 bits per heavy atom. The molecule has 1 heterocycles. The van der Waals surface area contributed by atoms with Crippen molar-refractivity contribution in [3.05, 3.63) is 47.1 Å². The molecular formula is C22H28O7. The lowest BCUT2D eigenvalue weighted by atomic mass is 9.85. The normalized spacial score (nSPS) is 31.6. The Kier molecular flexibility index (Phi) is 7.56. The molecule has 0 radical (unpaired) electrons. The maximum absolute atomic E-state index is 12.6.